The molecule has 0 aromatic carbocycles. The van der Waals surface area contributed by atoms with E-state index in [1.165, 1.54) is 77.0 Å². The first kappa shape index (κ1) is 68.0. The van der Waals surface area contributed by atoms with Crippen LogP contribution in [0.3, 0.4) is 0 Å². The van der Waals surface area contributed by atoms with Crippen LogP contribution in [0.15, 0.2) is 24.3 Å². The zero-order valence-electron chi connectivity index (χ0n) is 44.5. The molecule has 0 aromatic rings. The first-order chi connectivity index (χ1) is 33.8. The van der Waals surface area contributed by atoms with Gasteiger partial charge in [0, 0.05) is 45.2 Å². The van der Waals surface area contributed by atoms with E-state index in [0.29, 0.717) is 38.5 Å². The van der Waals surface area contributed by atoms with Crippen molar-refractivity contribution < 1.29 is 61.1 Å². The van der Waals surface area contributed by atoms with Crippen molar-refractivity contribution in [2.24, 2.45) is 0 Å². The Kier molecular flexibility index (Phi) is 47.9. The zero-order valence-corrected chi connectivity index (χ0v) is 46.3. The van der Waals surface area contributed by atoms with E-state index >= 15 is 0 Å². The molecule has 0 radical (unpaired) electrons. The summed E-state index contributed by atoms with van der Waals surface area (Å²) in [6.07, 6.45) is 43.9. The molecular formula is C55H101O13P2-. The van der Waals surface area contributed by atoms with Crippen LogP contribution in [0.25, 0.3) is 0 Å². The summed E-state index contributed by atoms with van der Waals surface area (Å²) < 4.78 is 49.8. The highest BCUT2D eigenvalue weighted by Gasteiger charge is 2.26. The molecule has 70 heavy (non-hydrogen) atoms. The molecule has 0 aromatic heterocycles. The molecule has 0 amide bonds. The van der Waals surface area contributed by atoms with E-state index in [1.807, 2.05) is 0 Å². The third-order valence-corrected chi connectivity index (χ3v) is 13.8. The Balaban J connectivity index is 4.60. The van der Waals surface area contributed by atoms with Gasteiger partial charge in [0.25, 0.3) is 0 Å². The molecule has 0 aliphatic heterocycles. The maximum atomic E-state index is 12.8. The van der Waals surface area contributed by atoms with Crippen LogP contribution in [0.4, 0.5) is 0 Å². The highest BCUT2D eigenvalue weighted by atomic mass is 31.2. The maximum absolute atomic E-state index is 12.8. The minimum absolute atomic E-state index is 0.0798. The van der Waals surface area contributed by atoms with E-state index in [4.69, 9.17) is 23.0 Å². The molecule has 15 heteroatoms. The number of ether oxygens (including phenoxy) is 2. The molecule has 0 rings (SSSR count). The zero-order chi connectivity index (χ0) is 51.7. The summed E-state index contributed by atoms with van der Waals surface area (Å²) in [6, 6.07) is 0. The van der Waals surface area contributed by atoms with Gasteiger partial charge in [-0.25, -0.2) is 4.57 Å². The largest absolute Gasteiger partial charge is 0.779 e. The number of rotatable bonds is 54. The van der Waals surface area contributed by atoms with Crippen molar-refractivity contribution in [3.8, 4) is 0 Å². The van der Waals surface area contributed by atoms with E-state index in [0.717, 1.165) is 109 Å². The van der Waals surface area contributed by atoms with Crippen LogP contribution in [-0.4, -0.2) is 67.6 Å². The Hall–Kier alpha value is -1.98. The molecule has 0 saturated heterocycles. The van der Waals surface area contributed by atoms with Gasteiger partial charge in [-0.3, -0.25) is 28.2 Å². The Bertz CT molecular complexity index is 1430. The Morgan fingerprint density at radius 2 is 0.814 bits per heavy atom. The highest BCUT2D eigenvalue weighted by Crippen LogP contribution is 2.43. The predicted molar refractivity (Wildman–Crippen MR) is 282 cm³/mol. The molecule has 3 atom stereocenters. The minimum atomic E-state index is -4.59. The SMILES string of the molecule is CCCCCCCC/C=C\CCCCCCCC(=O)OC[C@H](COP(=O)(O)OCCCC(=O)CCCC(=O)CCCCCCCOP(C)(=O)[O-])OC(=O)CCCCCCC/C=C\CCCCCCCC. The molecule has 0 aliphatic carbocycles. The molecule has 0 aliphatic rings. The average molecular weight is 1030 g/mol. The van der Waals surface area contributed by atoms with Crippen LogP contribution < -0.4 is 4.89 Å². The summed E-state index contributed by atoms with van der Waals surface area (Å²) in [6.45, 7) is 4.66. The van der Waals surface area contributed by atoms with Gasteiger partial charge < -0.3 is 28.3 Å². The first-order valence-electron chi connectivity index (χ1n) is 28.0. The number of unbranched alkanes of at least 4 members (excludes halogenated alkanes) is 26. The molecule has 1 N–H and O–H groups in total. The summed E-state index contributed by atoms with van der Waals surface area (Å²) in [4.78, 5) is 71.5. The fourth-order valence-corrected chi connectivity index (χ4v) is 9.13. The van der Waals surface area contributed by atoms with Gasteiger partial charge in [0.1, 0.15) is 25.8 Å². The fraction of sp³-hybridized carbons (Fsp3) is 0.855. The fourth-order valence-electron chi connectivity index (χ4n) is 7.88. The highest BCUT2D eigenvalue weighted by molar-refractivity contribution is 7.50. The Labute approximate surface area is 426 Å². The van der Waals surface area contributed by atoms with Crippen molar-refractivity contribution in [1.82, 2.24) is 0 Å². The lowest BCUT2D eigenvalue weighted by molar-refractivity contribution is -0.196. The number of Topliss-reactive ketones (excluding diaryl/α,β-unsaturated/α-hetero) is 2. The van der Waals surface area contributed by atoms with Gasteiger partial charge in [0.05, 0.1) is 19.8 Å². The summed E-state index contributed by atoms with van der Waals surface area (Å²) in [7, 11) is -8.27. The van der Waals surface area contributed by atoms with Crippen molar-refractivity contribution >= 4 is 38.9 Å². The number of hydrogen-bond donors (Lipinski definition) is 1. The van der Waals surface area contributed by atoms with Crippen molar-refractivity contribution in [3.05, 3.63) is 24.3 Å². The molecule has 0 spiro atoms. The molecule has 2 unspecified atom stereocenters. The van der Waals surface area contributed by atoms with Crippen LogP contribution in [0, 0.1) is 0 Å². The van der Waals surface area contributed by atoms with Crippen molar-refractivity contribution in [2.45, 2.75) is 270 Å². The second kappa shape index (κ2) is 49.2. The van der Waals surface area contributed by atoms with E-state index < -0.39 is 40.1 Å². The van der Waals surface area contributed by atoms with Gasteiger partial charge in [0.15, 0.2) is 6.10 Å². The molecule has 0 saturated carbocycles. The lowest BCUT2D eigenvalue weighted by atomic mass is 10.0. The van der Waals surface area contributed by atoms with Crippen molar-refractivity contribution in [2.75, 3.05) is 33.1 Å². The molecule has 0 heterocycles. The molecule has 0 bridgehead atoms. The summed E-state index contributed by atoms with van der Waals surface area (Å²) in [5.74, 6) is -0.919. The van der Waals surface area contributed by atoms with Gasteiger partial charge in [-0.15, -0.1) is 0 Å². The van der Waals surface area contributed by atoms with Crippen LogP contribution in [0.1, 0.15) is 264 Å². The van der Waals surface area contributed by atoms with E-state index in [1.54, 1.807) is 0 Å². The van der Waals surface area contributed by atoms with Crippen LogP contribution in [-0.2, 0) is 51.4 Å². The number of carbonyl (C=O) groups excluding carboxylic acids is 4. The molecule has 410 valence electrons. The van der Waals surface area contributed by atoms with Gasteiger partial charge in [-0.1, -0.05) is 160 Å². The third-order valence-electron chi connectivity index (χ3n) is 12.1. The Morgan fingerprint density at radius 3 is 1.29 bits per heavy atom. The number of esters is 2. The smallest absolute Gasteiger partial charge is 0.472 e. The van der Waals surface area contributed by atoms with Crippen LogP contribution in [0.2, 0.25) is 0 Å². The van der Waals surface area contributed by atoms with Gasteiger partial charge in [0.2, 0.25) is 0 Å². The van der Waals surface area contributed by atoms with Gasteiger partial charge in [-0.2, -0.15) is 0 Å². The number of phosphoric ester groups is 1. The molecular weight excluding hydrogens is 931 g/mol. The number of carbonyl (C=O) groups is 4. The maximum Gasteiger partial charge on any atom is 0.472 e. The second-order valence-corrected chi connectivity index (χ2v) is 22.5. The second-order valence-electron chi connectivity index (χ2n) is 19.2. The summed E-state index contributed by atoms with van der Waals surface area (Å²) >= 11 is 0. The van der Waals surface area contributed by atoms with Gasteiger partial charge in [-0.05, 0) is 89.9 Å². The normalized spacial score (nSPS) is 14.0. The quantitative estimate of drug-likeness (QED) is 0.0262. The lowest BCUT2D eigenvalue weighted by Crippen LogP contribution is -2.29. The Morgan fingerprint density at radius 1 is 0.443 bits per heavy atom. The van der Waals surface area contributed by atoms with Crippen LogP contribution >= 0.6 is 15.4 Å². The standard InChI is InChI=1S/C55H102O13P2/c1-4-6-8-10-12-14-16-18-20-22-24-26-28-32-36-45-54(58)64-49-53(68-55(59)46-37-33-29-27-25-23-21-19-17-15-13-11-9-7-5-2)50-67-70(62,63)66-48-40-44-52(57)43-39-42-51(56)41-35-31-30-34-38-47-65-69(3,60)61/h18-21,53H,4-17,22-50H2,1-3H3,(H,60,61)(H,62,63)/p-1/b20-18-,21-19-/t53-/m1/s1. The van der Waals surface area contributed by atoms with E-state index in [2.05, 4.69) is 38.2 Å². The number of allylic oxidation sites excluding steroid dienone is 4. The molecule has 13 nitrogen and oxygen atoms in total. The van der Waals surface area contributed by atoms with Crippen LogP contribution in [0.5, 0.6) is 0 Å². The van der Waals surface area contributed by atoms with E-state index in [9.17, 15) is 38.1 Å². The third kappa shape index (κ3) is 52.3. The van der Waals surface area contributed by atoms with Crippen molar-refractivity contribution in [3.63, 3.8) is 0 Å². The van der Waals surface area contributed by atoms with E-state index in [-0.39, 0.29) is 63.5 Å². The predicted octanol–water partition coefficient (Wildman–Crippen LogP) is 15.3. The summed E-state index contributed by atoms with van der Waals surface area (Å²) in [5.41, 5.74) is 0. The minimum Gasteiger partial charge on any atom is -0.779 e. The number of phosphoric acid groups is 1. The average Bonchev–Trinajstić information content (AvgIpc) is 3.31. The van der Waals surface area contributed by atoms with Gasteiger partial charge >= 0.3 is 19.8 Å². The number of ketones is 2. The summed E-state index contributed by atoms with van der Waals surface area (Å²) in [5, 5.41) is 0. The first-order valence-corrected chi connectivity index (χ1v) is 31.5. The number of hydrogen-bond acceptors (Lipinski definition) is 12. The lowest BCUT2D eigenvalue weighted by Gasteiger charge is -2.20. The topological polar surface area (TPSA) is 192 Å². The monoisotopic (exact) mass is 1030 g/mol. The molecule has 0 fully saturated rings. The van der Waals surface area contributed by atoms with Crippen molar-refractivity contribution in [1.29, 1.82) is 0 Å².